The molecule has 1 unspecified atom stereocenters. The highest BCUT2D eigenvalue weighted by Crippen LogP contribution is 2.39. The SMILES string of the molecule is CCC(COC)Nc1sc(C#N)c(N)c1S(C)(=O)=O. The lowest BCUT2D eigenvalue weighted by Crippen LogP contribution is -2.24. The lowest BCUT2D eigenvalue weighted by atomic mass is 10.2. The fourth-order valence-corrected chi connectivity index (χ4v) is 4.05. The van der Waals surface area contributed by atoms with Gasteiger partial charge in [-0.3, -0.25) is 0 Å². The van der Waals surface area contributed by atoms with Crippen LogP contribution in [0.2, 0.25) is 0 Å². The van der Waals surface area contributed by atoms with Crippen molar-refractivity contribution in [2.75, 3.05) is 31.0 Å². The van der Waals surface area contributed by atoms with Gasteiger partial charge in [0.15, 0.2) is 9.84 Å². The molecular weight excluding hydrogens is 286 g/mol. The number of nitrogens with zero attached hydrogens (tertiary/aromatic N) is 1. The van der Waals surface area contributed by atoms with E-state index in [9.17, 15) is 8.42 Å². The summed E-state index contributed by atoms with van der Waals surface area (Å²) in [5, 5.41) is 12.4. The molecule has 0 spiro atoms. The summed E-state index contributed by atoms with van der Waals surface area (Å²) in [5.41, 5.74) is 5.75. The summed E-state index contributed by atoms with van der Waals surface area (Å²) in [4.78, 5) is 0.207. The Morgan fingerprint density at radius 3 is 2.63 bits per heavy atom. The number of rotatable bonds is 6. The minimum atomic E-state index is -3.49. The zero-order valence-corrected chi connectivity index (χ0v) is 12.7. The highest BCUT2D eigenvalue weighted by atomic mass is 32.2. The second kappa shape index (κ2) is 6.23. The van der Waals surface area contributed by atoms with Crippen molar-refractivity contribution in [1.82, 2.24) is 0 Å². The van der Waals surface area contributed by atoms with Gasteiger partial charge >= 0.3 is 0 Å². The van der Waals surface area contributed by atoms with Crippen molar-refractivity contribution >= 4 is 31.9 Å². The number of ether oxygens (including phenoxy) is 1. The van der Waals surface area contributed by atoms with Gasteiger partial charge in [-0.05, 0) is 6.42 Å². The monoisotopic (exact) mass is 303 g/mol. The van der Waals surface area contributed by atoms with E-state index in [1.807, 2.05) is 13.0 Å². The fourth-order valence-electron chi connectivity index (χ4n) is 1.62. The molecule has 6 nitrogen and oxygen atoms in total. The van der Waals surface area contributed by atoms with Gasteiger partial charge in [0.05, 0.1) is 12.3 Å². The number of nitrogens with two attached hydrogens (primary N) is 1. The van der Waals surface area contributed by atoms with Gasteiger partial charge in [0, 0.05) is 19.4 Å². The summed E-state index contributed by atoms with van der Waals surface area (Å²) in [5.74, 6) is 0. The van der Waals surface area contributed by atoms with E-state index < -0.39 is 9.84 Å². The Hall–Kier alpha value is -1.30. The van der Waals surface area contributed by atoms with Crippen LogP contribution in [-0.4, -0.2) is 34.4 Å². The van der Waals surface area contributed by atoms with Crippen molar-refractivity contribution in [3.63, 3.8) is 0 Å². The van der Waals surface area contributed by atoms with Gasteiger partial charge in [0.25, 0.3) is 0 Å². The van der Waals surface area contributed by atoms with Crippen LogP contribution in [0.5, 0.6) is 0 Å². The normalized spacial score (nSPS) is 12.9. The molecular formula is C11H17N3O3S2. The van der Waals surface area contributed by atoms with E-state index in [4.69, 9.17) is 15.7 Å². The van der Waals surface area contributed by atoms with E-state index >= 15 is 0 Å². The van der Waals surface area contributed by atoms with Gasteiger partial charge in [-0.15, -0.1) is 11.3 Å². The minimum absolute atomic E-state index is 0.00334. The molecule has 1 atom stereocenters. The van der Waals surface area contributed by atoms with Gasteiger partial charge < -0.3 is 15.8 Å². The Bertz CT molecular complexity index is 587. The summed E-state index contributed by atoms with van der Waals surface area (Å²) in [7, 11) is -1.92. The third-order valence-electron chi connectivity index (χ3n) is 2.57. The Morgan fingerprint density at radius 2 is 2.21 bits per heavy atom. The molecule has 0 aromatic carbocycles. The van der Waals surface area contributed by atoms with Gasteiger partial charge in [0.1, 0.15) is 20.8 Å². The van der Waals surface area contributed by atoms with Crippen molar-refractivity contribution in [3.05, 3.63) is 4.88 Å². The molecule has 3 N–H and O–H groups in total. The number of nitrogens with one attached hydrogen (secondary N) is 1. The number of nitriles is 1. The quantitative estimate of drug-likeness (QED) is 0.824. The highest BCUT2D eigenvalue weighted by Gasteiger charge is 2.25. The second-order valence-electron chi connectivity index (χ2n) is 4.09. The molecule has 0 aliphatic heterocycles. The first kappa shape index (κ1) is 15.8. The van der Waals surface area contributed by atoms with Crippen LogP contribution < -0.4 is 11.1 Å². The molecule has 0 aliphatic rings. The van der Waals surface area contributed by atoms with Crippen molar-refractivity contribution in [2.24, 2.45) is 0 Å². The molecule has 0 bridgehead atoms. The van der Waals surface area contributed by atoms with Gasteiger partial charge in [-0.2, -0.15) is 5.26 Å². The molecule has 0 fully saturated rings. The molecule has 0 amide bonds. The molecule has 8 heteroatoms. The van der Waals surface area contributed by atoms with E-state index in [0.29, 0.717) is 11.6 Å². The van der Waals surface area contributed by atoms with E-state index in [-0.39, 0.29) is 21.5 Å². The predicted molar refractivity (Wildman–Crippen MR) is 76.1 cm³/mol. The Labute approximate surface area is 117 Å². The van der Waals surface area contributed by atoms with Crippen molar-refractivity contribution < 1.29 is 13.2 Å². The van der Waals surface area contributed by atoms with Gasteiger partial charge in [-0.25, -0.2) is 8.42 Å². The van der Waals surface area contributed by atoms with Crippen LogP contribution in [0.1, 0.15) is 18.2 Å². The maximum absolute atomic E-state index is 11.8. The zero-order valence-electron chi connectivity index (χ0n) is 11.1. The standard InChI is InChI=1S/C11H17N3O3S2/c1-4-7(6-17-2)14-11-10(19(3,15)16)9(13)8(5-12)18-11/h7,14H,4,6,13H2,1-3H3. The van der Waals surface area contributed by atoms with Gasteiger partial charge in [-0.1, -0.05) is 6.92 Å². The maximum Gasteiger partial charge on any atom is 0.180 e. The summed E-state index contributed by atoms with van der Waals surface area (Å²) in [6.45, 7) is 2.40. The predicted octanol–water partition coefficient (Wildman–Crippen LogP) is 1.44. The van der Waals surface area contributed by atoms with Gasteiger partial charge in [0.2, 0.25) is 0 Å². The summed E-state index contributed by atoms with van der Waals surface area (Å²) in [6.07, 6.45) is 1.84. The highest BCUT2D eigenvalue weighted by molar-refractivity contribution is 7.91. The molecule has 0 saturated heterocycles. The van der Waals surface area contributed by atoms with Crippen LogP contribution in [0, 0.1) is 11.3 Å². The number of nitrogen functional groups attached to an aromatic ring is 1. The lowest BCUT2D eigenvalue weighted by molar-refractivity contribution is 0.184. The maximum atomic E-state index is 11.8. The Morgan fingerprint density at radius 1 is 1.58 bits per heavy atom. The fraction of sp³-hybridized carbons (Fsp3) is 0.545. The second-order valence-corrected chi connectivity index (χ2v) is 7.07. The summed E-state index contributed by atoms with van der Waals surface area (Å²) >= 11 is 1.05. The van der Waals surface area contributed by atoms with Crippen LogP contribution in [0.25, 0.3) is 0 Å². The number of anilines is 2. The largest absolute Gasteiger partial charge is 0.396 e. The third kappa shape index (κ3) is 3.59. The molecule has 1 aromatic heterocycles. The molecule has 0 radical (unpaired) electrons. The first-order valence-corrected chi connectivity index (χ1v) is 8.33. The first-order chi connectivity index (χ1) is 8.85. The number of thiophene rings is 1. The zero-order chi connectivity index (χ0) is 14.6. The summed E-state index contributed by atoms with van der Waals surface area (Å²) in [6, 6.07) is 1.88. The van der Waals surface area contributed by atoms with Crippen LogP contribution in [0.4, 0.5) is 10.7 Å². The number of hydrogen-bond acceptors (Lipinski definition) is 7. The van der Waals surface area contributed by atoms with Crippen LogP contribution in [-0.2, 0) is 14.6 Å². The van der Waals surface area contributed by atoms with Crippen molar-refractivity contribution in [3.8, 4) is 6.07 Å². The molecule has 0 saturated carbocycles. The molecule has 1 rings (SSSR count). The van der Waals surface area contributed by atoms with E-state index in [2.05, 4.69) is 5.32 Å². The smallest absolute Gasteiger partial charge is 0.180 e. The third-order valence-corrected chi connectivity index (χ3v) is 4.90. The number of sulfone groups is 1. The Balaban J connectivity index is 3.24. The van der Waals surface area contributed by atoms with Crippen LogP contribution in [0.15, 0.2) is 4.90 Å². The Kier molecular flexibility index (Phi) is 5.17. The van der Waals surface area contributed by atoms with E-state index in [1.54, 1.807) is 7.11 Å². The van der Waals surface area contributed by atoms with Crippen LogP contribution >= 0.6 is 11.3 Å². The molecule has 106 valence electrons. The molecule has 1 aromatic rings. The lowest BCUT2D eigenvalue weighted by Gasteiger charge is -2.16. The number of methoxy groups -OCH3 is 1. The first-order valence-electron chi connectivity index (χ1n) is 5.63. The molecule has 19 heavy (non-hydrogen) atoms. The topological polar surface area (TPSA) is 105 Å². The van der Waals surface area contributed by atoms with Crippen molar-refractivity contribution in [1.29, 1.82) is 5.26 Å². The van der Waals surface area contributed by atoms with Crippen LogP contribution in [0.3, 0.4) is 0 Å². The van der Waals surface area contributed by atoms with E-state index in [1.165, 1.54) is 0 Å². The average Bonchev–Trinajstić information content (AvgIpc) is 2.64. The molecule has 1 heterocycles. The number of hydrogen-bond donors (Lipinski definition) is 2. The molecule has 0 aliphatic carbocycles. The van der Waals surface area contributed by atoms with Crippen molar-refractivity contribution in [2.45, 2.75) is 24.3 Å². The van der Waals surface area contributed by atoms with E-state index in [0.717, 1.165) is 24.0 Å². The summed E-state index contributed by atoms with van der Waals surface area (Å²) < 4.78 is 28.6. The minimum Gasteiger partial charge on any atom is -0.396 e. The average molecular weight is 303 g/mol.